The molecule has 0 aromatic heterocycles. The fraction of sp³-hybridized carbons (Fsp3) is 0.462. The minimum Gasteiger partial charge on any atom is -0.388 e. The first-order valence-corrected chi connectivity index (χ1v) is 7.95. The van der Waals surface area contributed by atoms with Crippen LogP contribution < -0.4 is 10.0 Å². The highest BCUT2D eigenvalue weighted by molar-refractivity contribution is 7.92. The number of nitrogens with one attached hydrogen (secondary N) is 1. The van der Waals surface area contributed by atoms with Crippen LogP contribution >= 0.6 is 0 Å². The van der Waals surface area contributed by atoms with Crippen molar-refractivity contribution in [3.05, 3.63) is 30.3 Å². The molecule has 0 aliphatic rings. The van der Waals surface area contributed by atoms with E-state index in [9.17, 15) is 8.42 Å². The normalized spacial score (nSPS) is 11.2. The number of amidine groups is 1. The van der Waals surface area contributed by atoms with Gasteiger partial charge in [0.2, 0.25) is 10.0 Å². The lowest BCUT2D eigenvalue weighted by Crippen LogP contribution is -2.36. The van der Waals surface area contributed by atoms with Crippen LogP contribution in [-0.4, -0.2) is 40.3 Å². The average Bonchev–Trinajstić information content (AvgIpc) is 2.39. The number of nitrogens with zero attached hydrogens (tertiary/aromatic N) is 1. The molecule has 1 aromatic rings. The standard InChI is InChI=1S/C13H21N3O3S/c1-19-10-5-11-20(17,18)16(9-8-13(14)15)12-6-3-2-4-7-12/h2-4,6-7H,5,8-11H2,1H3,(H3,14,15). The third-order valence-electron chi connectivity index (χ3n) is 2.71. The summed E-state index contributed by atoms with van der Waals surface area (Å²) in [7, 11) is -1.90. The first kappa shape index (κ1) is 16.5. The van der Waals surface area contributed by atoms with Crippen molar-refractivity contribution in [1.82, 2.24) is 0 Å². The number of hydrogen-bond acceptors (Lipinski definition) is 4. The molecule has 1 rings (SSSR count). The minimum absolute atomic E-state index is 0.00758. The molecule has 0 heterocycles. The van der Waals surface area contributed by atoms with E-state index in [0.717, 1.165) is 0 Å². The van der Waals surface area contributed by atoms with Crippen molar-refractivity contribution < 1.29 is 13.2 Å². The topological polar surface area (TPSA) is 96.5 Å². The van der Waals surface area contributed by atoms with E-state index in [4.69, 9.17) is 15.9 Å². The van der Waals surface area contributed by atoms with E-state index >= 15 is 0 Å². The lowest BCUT2D eigenvalue weighted by molar-refractivity contribution is 0.199. The van der Waals surface area contributed by atoms with Crippen LogP contribution in [0.3, 0.4) is 0 Å². The fourth-order valence-corrected chi connectivity index (χ4v) is 3.26. The van der Waals surface area contributed by atoms with Gasteiger partial charge in [-0.05, 0) is 18.6 Å². The summed E-state index contributed by atoms with van der Waals surface area (Å²) >= 11 is 0. The zero-order valence-electron chi connectivity index (χ0n) is 11.6. The Morgan fingerprint density at radius 1 is 1.35 bits per heavy atom. The molecule has 0 spiro atoms. The molecule has 0 atom stereocenters. The summed E-state index contributed by atoms with van der Waals surface area (Å²) in [6, 6.07) is 8.84. The smallest absolute Gasteiger partial charge is 0.235 e. The van der Waals surface area contributed by atoms with Gasteiger partial charge in [-0.3, -0.25) is 9.71 Å². The summed E-state index contributed by atoms with van der Waals surface area (Å²) in [5.41, 5.74) is 5.91. The van der Waals surface area contributed by atoms with E-state index in [0.29, 0.717) is 18.7 Å². The second kappa shape index (κ2) is 7.86. The molecule has 0 bridgehead atoms. The molecule has 0 saturated carbocycles. The fourth-order valence-electron chi connectivity index (χ4n) is 1.74. The summed E-state index contributed by atoms with van der Waals surface area (Å²) < 4.78 is 30.9. The second-order valence-corrected chi connectivity index (χ2v) is 6.36. The van der Waals surface area contributed by atoms with Crippen LogP contribution in [0.15, 0.2) is 30.3 Å². The number of para-hydroxylation sites is 1. The Morgan fingerprint density at radius 3 is 2.55 bits per heavy atom. The van der Waals surface area contributed by atoms with Gasteiger partial charge in [-0.15, -0.1) is 0 Å². The third kappa shape index (κ3) is 5.18. The molecule has 20 heavy (non-hydrogen) atoms. The largest absolute Gasteiger partial charge is 0.388 e. The number of methoxy groups -OCH3 is 1. The van der Waals surface area contributed by atoms with Gasteiger partial charge in [0.1, 0.15) is 0 Å². The number of sulfonamides is 1. The summed E-state index contributed by atoms with van der Waals surface area (Å²) in [5.74, 6) is -0.0220. The number of rotatable bonds is 9. The number of hydrogen-bond donors (Lipinski definition) is 2. The zero-order chi connectivity index (χ0) is 15.0. The highest BCUT2D eigenvalue weighted by Crippen LogP contribution is 2.18. The van der Waals surface area contributed by atoms with Gasteiger partial charge in [0.05, 0.1) is 17.3 Å². The first-order valence-electron chi connectivity index (χ1n) is 6.34. The Balaban J connectivity index is 2.89. The molecule has 6 nitrogen and oxygen atoms in total. The molecular weight excluding hydrogens is 278 g/mol. The maximum absolute atomic E-state index is 12.4. The monoisotopic (exact) mass is 299 g/mol. The molecule has 7 heteroatoms. The number of nitrogens with two attached hydrogens (primary N) is 1. The average molecular weight is 299 g/mol. The van der Waals surface area contributed by atoms with E-state index in [1.807, 2.05) is 6.07 Å². The lowest BCUT2D eigenvalue weighted by atomic mass is 10.3. The predicted molar refractivity (Wildman–Crippen MR) is 80.6 cm³/mol. The first-order chi connectivity index (χ1) is 9.47. The van der Waals surface area contributed by atoms with Crippen LogP contribution in [0.2, 0.25) is 0 Å². The number of anilines is 1. The van der Waals surface area contributed by atoms with Gasteiger partial charge in [0.15, 0.2) is 0 Å². The van der Waals surface area contributed by atoms with E-state index in [-0.39, 0.29) is 24.6 Å². The van der Waals surface area contributed by atoms with Crippen molar-refractivity contribution in [2.75, 3.05) is 30.3 Å². The predicted octanol–water partition coefficient (Wildman–Crippen LogP) is 1.19. The van der Waals surface area contributed by atoms with Crippen molar-refractivity contribution in [3.63, 3.8) is 0 Å². The van der Waals surface area contributed by atoms with Crippen LogP contribution in [0, 0.1) is 5.41 Å². The minimum atomic E-state index is -3.44. The highest BCUT2D eigenvalue weighted by atomic mass is 32.2. The van der Waals surface area contributed by atoms with Gasteiger partial charge >= 0.3 is 0 Å². The number of benzene rings is 1. The number of ether oxygens (including phenoxy) is 1. The Bertz CT molecular complexity index is 517. The molecule has 0 unspecified atom stereocenters. The summed E-state index contributed by atoms with van der Waals surface area (Å²) in [6.45, 7) is 0.573. The van der Waals surface area contributed by atoms with Gasteiger partial charge in [-0.25, -0.2) is 8.42 Å². The third-order valence-corrected chi connectivity index (χ3v) is 4.58. The Hall–Kier alpha value is -1.60. The van der Waals surface area contributed by atoms with Crippen molar-refractivity contribution in [2.45, 2.75) is 12.8 Å². The maximum Gasteiger partial charge on any atom is 0.235 e. The lowest BCUT2D eigenvalue weighted by Gasteiger charge is -2.24. The molecule has 3 N–H and O–H groups in total. The van der Waals surface area contributed by atoms with Gasteiger partial charge < -0.3 is 10.5 Å². The molecule has 0 aliphatic carbocycles. The summed E-state index contributed by atoms with van der Waals surface area (Å²) in [5, 5.41) is 7.26. The molecule has 0 amide bonds. The quantitative estimate of drug-likeness (QED) is 0.406. The van der Waals surface area contributed by atoms with E-state index in [1.54, 1.807) is 24.3 Å². The van der Waals surface area contributed by atoms with Crippen LogP contribution in [0.25, 0.3) is 0 Å². The molecule has 0 aliphatic heterocycles. The summed E-state index contributed by atoms with van der Waals surface area (Å²) in [4.78, 5) is 0. The van der Waals surface area contributed by atoms with Crippen molar-refractivity contribution >= 4 is 21.5 Å². The van der Waals surface area contributed by atoms with Gasteiger partial charge in [0, 0.05) is 26.7 Å². The zero-order valence-corrected chi connectivity index (χ0v) is 12.4. The van der Waals surface area contributed by atoms with Crippen LogP contribution in [0.5, 0.6) is 0 Å². The Kier molecular flexibility index (Phi) is 6.47. The summed E-state index contributed by atoms with van der Waals surface area (Å²) in [6.07, 6.45) is 0.640. The van der Waals surface area contributed by atoms with Crippen LogP contribution in [0.4, 0.5) is 5.69 Å². The van der Waals surface area contributed by atoms with Crippen molar-refractivity contribution in [1.29, 1.82) is 5.41 Å². The van der Waals surface area contributed by atoms with Gasteiger partial charge in [-0.2, -0.15) is 0 Å². The Labute approximate surface area is 120 Å². The van der Waals surface area contributed by atoms with Crippen LogP contribution in [-0.2, 0) is 14.8 Å². The van der Waals surface area contributed by atoms with E-state index in [2.05, 4.69) is 0 Å². The highest BCUT2D eigenvalue weighted by Gasteiger charge is 2.21. The molecule has 0 radical (unpaired) electrons. The van der Waals surface area contributed by atoms with Crippen molar-refractivity contribution in [2.24, 2.45) is 5.73 Å². The SMILES string of the molecule is COCCCS(=O)(=O)N(CCC(=N)N)c1ccccc1. The molecular formula is C13H21N3O3S. The van der Waals surface area contributed by atoms with Gasteiger partial charge in [0.25, 0.3) is 0 Å². The molecule has 112 valence electrons. The van der Waals surface area contributed by atoms with E-state index in [1.165, 1.54) is 11.4 Å². The maximum atomic E-state index is 12.4. The molecule has 0 saturated heterocycles. The van der Waals surface area contributed by atoms with Gasteiger partial charge in [-0.1, -0.05) is 18.2 Å². The molecule has 0 fully saturated rings. The van der Waals surface area contributed by atoms with E-state index < -0.39 is 10.0 Å². The Morgan fingerprint density at radius 2 is 2.00 bits per heavy atom. The molecule has 1 aromatic carbocycles. The second-order valence-electron chi connectivity index (χ2n) is 4.35. The van der Waals surface area contributed by atoms with Crippen molar-refractivity contribution in [3.8, 4) is 0 Å². The van der Waals surface area contributed by atoms with Crippen LogP contribution in [0.1, 0.15) is 12.8 Å².